The fourth-order valence-electron chi connectivity index (χ4n) is 2.44. The van der Waals surface area contributed by atoms with E-state index in [-0.39, 0.29) is 16.3 Å². The van der Waals surface area contributed by atoms with Gasteiger partial charge in [-0.3, -0.25) is 5.10 Å². The highest BCUT2D eigenvalue weighted by Crippen LogP contribution is 2.31. The first-order valence-electron chi connectivity index (χ1n) is 7.74. The first kappa shape index (κ1) is 19.5. The number of aromatic carboxylic acids is 1. The summed E-state index contributed by atoms with van der Waals surface area (Å²) in [6, 6.07) is 8.64. The van der Waals surface area contributed by atoms with Crippen molar-refractivity contribution in [2.75, 3.05) is 5.32 Å². The first-order chi connectivity index (χ1) is 13.2. The van der Waals surface area contributed by atoms with Gasteiger partial charge in [-0.25, -0.2) is 9.78 Å². The van der Waals surface area contributed by atoms with Crippen molar-refractivity contribution in [1.29, 1.82) is 0 Å². The van der Waals surface area contributed by atoms with E-state index in [0.717, 1.165) is 0 Å². The van der Waals surface area contributed by atoms with Gasteiger partial charge in [0.05, 0.1) is 16.3 Å². The lowest BCUT2D eigenvalue weighted by Crippen LogP contribution is -2.17. The van der Waals surface area contributed by atoms with Crippen LogP contribution in [0.2, 0.25) is 5.02 Å². The van der Waals surface area contributed by atoms with Crippen molar-refractivity contribution in [2.24, 2.45) is 0 Å². The summed E-state index contributed by atoms with van der Waals surface area (Å²) in [5, 5.41) is 18.8. The Labute approximate surface area is 161 Å². The number of carboxylic acid groups (broad SMARTS) is 1. The highest BCUT2D eigenvalue weighted by atomic mass is 35.5. The number of alkyl halides is 3. The molecule has 3 N–H and O–H groups in total. The molecule has 0 aliphatic carbocycles. The Morgan fingerprint density at radius 2 is 1.93 bits per heavy atom. The summed E-state index contributed by atoms with van der Waals surface area (Å²) in [4.78, 5) is 15.1. The van der Waals surface area contributed by atoms with Gasteiger partial charge in [-0.2, -0.15) is 5.10 Å². The minimum Gasteiger partial charge on any atom is -0.478 e. The third-order valence-corrected chi connectivity index (χ3v) is 3.97. The molecular formula is C17H12ClF3N4O3. The van der Waals surface area contributed by atoms with Gasteiger partial charge in [-0.05, 0) is 35.9 Å². The lowest BCUT2D eigenvalue weighted by Gasteiger charge is -2.19. The molecule has 3 rings (SSSR count). The molecule has 1 heterocycles. The van der Waals surface area contributed by atoms with Gasteiger partial charge < -0.3 is 15.2 Å². The van der Waals surface area contributed by atoms with E-state index in [4.69, 9.17) is 16.7 Å². The Hall–Kier alpha value is -3.27. The van der Waals surface area contributed by atoms with Crippen LogP contribution >= 0.6 is 11.6 Å². The molecule has 0 fully saturated rings. The number of hydrogen-bond donors (Lipinski definition) is 3. The molecule has 0 bridgehead atoms. The minimum atomic E-state index is -4.79. The monoisotopic (exact) mass is 412 g/mol. The molecule has 0 radical (unpaired) electrons. The number of hydrogen-bond acceptors (Lipinski definition) is 5. The fraction of sp³-hybridized carbons (Fsp3) is 0.118. The summed E-state index contributed by atoms with van der Waals surface area (Å²) in [5.41, 5.74) is 0.947. The van der Waals surface area contributed by atoms with E-state index in [1.807, 2.05) is 0 Å². The molecule has 7 nitrogen and oxygen atoms in total. The average molecular weight is 413 g/mol. The Morgan fingerprint density at radius 3 is 2.46 bits per heavy atom. The molecule has 146 valence electrons. The number of halogens is 4. The van der Waals surface area contributed by atoms with Crippen LogP contribution in [0.5, 0.6) is 5.75 Å². The molecule has 0 saturated heterocycles. The largest absolute Gasteiger partial charge is 0.573 e. The highest BCUT2D eigenvalue weighted by molar-refractivity contribution is 6.33. The normalized spacial score (nSPS) is 12.4. The standard InChI is InChI=1S/C17H12ClF3N4O3/c18-12-7-10(16(26)27)3-6-13(12)24-14(15-22-8-23-25-15)9-1-4-11(5-2-9)28-17(19,20)21/h1-8,14,24H,(H,26,27)(H,22,23,25). The van der Waals surface area contributed by atoms with E-state index in [2.05, 4.69) is 25.2 Å². The number of aromatic amines is 1. The average Bonchev–Trinajstić information content (AvgIpc) is 3.14. The summed E-state index contributed by atoms with van der Waals surface area (Å²) < 4.78 is 40.9. The molecule has 1 aromatic heterocycles. The number of carbonyl (C=O) groups is 1. The van der Waals surface area contributed by atoms with Crippen molar-refractivity contribution >= 4 is 23.3 Å². The van der Waals surface area contributed by atoms with Gasteiger partial charge >= 0.3 is 12.3 Å². The highest BCUT2D eigenvalue weighted by Gasteiger charge is 2.31. The quantitative estimate of drug-likeness (QED) is 0.559. The van der Waals surface area contributed by atoms with E-state index < -0.39 is 18.4 Å². The third-order valence-electron chi connectivity index (χ3n) is 3.65. The minimum absolute atomic E-state index is 0.0126. The molecule has 0 aliphatic heterocycles. The zero-order valence-corrected chi connectivity index (χ0v) is 14.6. The van der Waals surface area contributed by atoms with E-state index in [9.17, 15) is 18.0 Å². The van der Waals surface area contributed by atoms with E-state index in [0.29, 0.717) is 17.1 Å². The number of H-pyrrole nitrogens is 1. The van der Waals surface area contributed by atoms with Crippen molar-refractivity contribution in [3.05, 3.63) is 70.8 Å². The van der Waals surface area contributed by atoms with Crippen molar-refractivity contribution in [2.45, 2.75) is 12.4 Å². The molecular weight excluding hydrogens is 401 g/mol. The van der Waals surface area contributed by atoms with Crippen LogP contribution in [0.25, 0.3) is 0 Å². The number of rotatable bonds is 6. The van der Waals surface area contributed by atoms with Gasteiger partial charge in [0.2, 0.25) is 0 Å². The van der Waals surface area contributed by atoms with Crippen LogP contribution in [-0.4, -0.2) is 32.6 Å². The second-order valence-electron chi connectivity index (χ2n) is 5.55. The zero-order valence-electron chi connectivity index (χ0n) is 13.9. The molecule has 3 aromatic rings. The number of anilines is 1. The predicted octanol–water partition coefficient (Wildman–Crippen LogP) is 4.26. The zero-order chi connectivity index (χ0) is 20.3. The number of nitrogens with zero attached hydrogens (tertiary/aromatic N) is 2. The smallest absolute Gasteiger partial charge is 0.478 e. The number of carboxylic acids is 1. The predicted molar refractivity (Wildman–Crippen MR) is 93.4 cm³/mol. The molecule has 2 aromatic carbocycles. The van der Waals surface area contributed by atoms with Gasteiger partial charge in [0.25, 0.3) is 0 Å². The van der Waals surface area contributed by atoms with Gasteiger partial charge in [-0.1, -0.05) is 23.7 Å². The van der Waals surface area contributed by atoms with Crippen molar-refractivity contribution < 1.29 is 27.8 Å². The summed E-state index contributed by atoms with van der Waals surface area (Å²) in [6.45, 7) is 0. The summed E-state index contributed by atoms with van der Waals surface area (Å²) in [7, 11) is 0. The summed E-state index contributed by atoms with van der Waals surface area (Å²) in [6.07, 6.45) is -3.44. The maximum absolute atomic E-state index is 12.3. The van der Waals surface area contributed by atoms with Gasteiger partial charge in [0, 0.05) is 0 Å². The molecule has 11 heteroatoms. The molecule has 0 amide bonds. The molecule has 28 heavy (non-hydrogen) atoms. The Bertz CT molecular complexity index is 963. The SMILES string of the molecule is O=C(O)c1ccc(NC(c2ccc(OC(F)(F)F)cc2)c2nc[nH]n2)c(Cl)c1. The fourth-order valence-corrected chi connectivity index (χ4v) is 2.67. The van der Waals surface area contributed by atoms with E-state index in [1.165, 1.54) is 48.8 Å². The van der Waals surface area contributed by atoms with Crippen LogP contribution in [0.4, 0.5) is 18.9 Å². The molecule has 1 atom stereocenters. The number of benzene rings is 2. The van der Waals surface area contributed by atoms with Crippen LogP contribution in [0, 0.1) is 0 Å². The Balaban J connectivity index is 1.90. The number of nitrogens with one attached hydrogen (secondary N) is 2. The second kappa shape index (κ2) is 7.77. The second-order valence-corrected chi connectivity index (χ2v) is 5.96. The molecule has 0 spiro atoms. The van der Waals surface area contributed by atoms with Crippen LogP contribution in [-0.2, 0) is 0 Å². The molecule has 1 unspecified atom stereocenters. The van der Waals surface area contributed by atoms with Crippen LogP contribution < -0.4 is 10.1 Å². The van der Waals surface area contributed by atoms with Crippen molar-refractivity contribution in [1.82, 2.24) is 15.2 Å². The van der Waals surface area contributed by atoms with Crippen LogP contribution in [0.1, 0.15) is 27.8 Å². The topological polar surface area (TPSA) is 100 Å². The van der Waals surface area contributed by atoms with Gasteiger partial charge in [0.1, 0.15) is 18.1 Å². The number of aromatic nitrogens is 3. The Kier molecular flexibility index (Phi) is 5.41. The first-order valence-corrected chi connectivity index (χ1v) is 8.11. The molecule has 0 aliphatic rings. The molecule has 0 saturated carbocycles. The maximum atomic E-state index is 12.3. The van der Waals surface area contributed by atoms with E-state index in [1.54, 1.807) is 0 Å². The maximum Gasteiger partial charge on any atom is 0.573 e. The lowest BCUT2D eigenvalue weighted by molar-refractivity contribution is -0.274. The van der Waals surface area contributed by atoms with Crippen LogP contribution in [0.15, 0.2) is 48.8 Å². The van der Waals surface area contributed by atoms with Crippen molar-refractivity contribution in [3.63, 3.8) is 0 Å². The van der Waals surface area contributed by atoms with E-state index >= 15 is 0 Å². The van der Waals surface area contributed by atoms with Crippen molar-refractivity contribution in [3.8, 4) is 5.75 Å². The Morgan fingerprint density at radius 1 is 1.21 bits per heavy atom. The summed E-state index contributed by atoms with van der Waals surface area (Å²) >= 11 is 6.14. The lowest BCUT2D eigenvalue weighted by atomic mass is 10.1. The van der Waals surface area contributed by atoms with Crippen LogP contribution in [0.3, 0.4) is 0 Å². The van der Waals surface area contributed by atoms with Gasteiger partial charge in [0.15, 0.2) is 5.82 Å². The van der Waals surface area contributed by atoms with Gasteiger partial charge in [-0.15, -0.1) is 13.2 Å². The number of ether oxygens (including phenoxy) is 1. The third kappa shape index (κ3) is 4.71. The summed E-state index contributed by atoms with van der Waals surface area (Å²) in [5.74, 6) is -1.18.